The van der Waals surface area contributed by atoms with Gasteiger partial charge in [0.15, 0.2) is 5.96 Å². The summed E-state index contributed by atoms with van der Waals surface area (Å²) in [6.45, 7) is 1.81. The molecule has 1 saturated heterocycles. The van der Waals surface area contributed by atoms with Crippen molar-refractivity contribution in [2.45, 2.75) is 24.8 Å². The van der Waals surface area contributed by atoms with Crippen LogP contribution in [0.25, 0.3) is 0 Å². The molecule has 0 amide bonds. The Balaban J connectivity index is 1.63. The summed E-state index contributed by atoms with van der Waals surface area (Å²) in [7, 11) is -3.58. The van der Waals surface area contributed by atoms with Crippen LogP contribution in [0.2, 0.25) is 0 Å². The lowest BCUT2D eigenvalue weighted by molar-refractivity contribution is -0.0496. The van der Waals surface area contributed by atoms with Gasteiger partial charge < -0.3 is 16.0 Å². The molecule has 3 N–H and O–H groups in total. The van der Waals surface area contributed by atoms with E-state index in [1.165, 1.54) is 0 Å². The first-order valence-electron chi connectivity index (χ1n) is 9.54. The number of alkyl halides is 3. The van der Waals surface area contributed by atoms with E-state index in [1.807, 2.05) is 30.3 Å². The van der Waals surface area contributed by atoms with E-state index in [0.717, 1.165) is 18.7 Å². The highest BCUT2D eigenvalue weighted by molar-refractivity contribution is 7.90. The second kappa shape index (κ2) is 10.7. The van der Waals surface area contributed by atoms with Gasteiger partial charge in [-0.3, -0.25) is 4.99 Å². The summed E-state index contributed by atoms with van der Waals surface area (Å²) < 4.78 is 61.2. The lowest BCUT2D eigenvalue weighted by atomic mass is 9.98. The van der Waals surface area contributed by atoms with Crippen LogP contribution in [0.15, 0.2) is 35.3 Å². The Morgan fingerprint density at radius 1 is 1.14 bits per heavy atom. The number of benzene rings is 1. The Bertz CT molecular complexity index is 749. The Morgan fingerprint density at radius 2 is 1.79 bits per heavy atom. The molecule has 0 radical (unpaired) electrons. The summed E-state index contributed by atoms with van der Waals surface area (Å²) in [5.41, 5.74) is -4.17. The fourth-order valence-electron chi connectivity index (χ4n) is 3.05. The Morgan fingerprint density at radius 3 is 2.38 bits per heavy atom. The van der Waals surface area contributed by atoms with Crippen LogP contribution < -0.4 is 16.0 Å². The van der Waals surface area contributed by atoms with Crippen molar-refractivity contribution in [2.24, 2.45) is 10.9 Å². The zero-order valence-electron chi connectivity index (χ0n) is 16.4. The topological polar surface area (TPSA) is 85.8 Å². The molecule has 0 saturated carbocycles. The number of aliphatic imine (C=N–C) groups is 1. The van der Waals surface area contributed by atoms with Gasteiger partial charge in [0.25, 0.3) is 0 Å². The number of piperidine rings is 1. The van der Waals surface area contributed by atoms with E-state index in [2.05, 4.69) is 20.9 Å². The molecule has 1 aromatic rings. The molecule has 164 valence electrons. The largest absolute Gasteiger partial charge is 0.511 e. The van der Waals surface area contributed by atoms with Gasteiger partial charge in [0.05, 0.1) is 0 Å². The van der Waals surface area contributed by atoms with Crippen LogP contribution in [0.5, 0.6) is 0 Å². The predicted molar refractivity (Wildman–Crippen MR) is 108 cm³/mol. The maximum absolute atomic E-state index is 12.6. The SMILES string of the molecule is CN=C(NCCCNc1ccccc1)NCC1CCN(S(=O)(=O)C(F)(F)F)CC1. The quantitative estimate of drug-likeness (QED) is 0.331. The van der Waals surface area contributed by atoms with Crippen molar-refractivity contribution in [3.05, 3.63) is 30.3 Å². The molecular weight excluding hydrogens is 407 g/mol. The van der Waals surface area contributed by atoms with E-state index >= 15 is 0 Å². The van der Waals surface area contributed by atoms with Crippen molar-refractivity contribution < 1.29 is 21.6 Å². The second-order valence-electron chi connectivity index (χ2n) is 6.82. The first-order chi connectivity index (χ1) is 13.7. The molecule has 2 rings (SSSR count). The molecule has 0 bridgehead atoms. The summed E-state index contributed by atoms with van der Waals surface area (Å²) in [6.07, 6.45) is 1.63. The van der Waals surface area contributed by atoms with Crippen LogP contribution in [-0.4, -0.2) is 64.0 Å². The number of nitrogens with zero attached hydrogens (tertiary/aromatic N) is 2. The van der Waals surface area contributed by atoms with E-state index in [0.29, 0.717) is 36.2 Å². The molecule has 1 fully saturated rings. The average Bonchev–Trinajstić information content (AvgIpc) is 2.70. The van der Waals surface area contributed by atoms with Crippen LogP contribution in [0.4, 0.5) is 18.9 Å². The molecule has 7 nitrogen and oxygen atoms in total. The van der Waals surface area contributed by atoms with Gasteiger partial charge >= 0.3 is 15.5 Å². The van der Waals surface area contributed by atoms with Crippen LogP contribution in [0.3, 0.4) is 0 Å². The van der Waals surface area contributed by atoms with Crippen molar-refractivity contribution in [3.8, 4) is 0 Å². The van der Waals surface area contributed by atoms with Gasteiger partial charge in [-0.15, -0.1) is 0 Å². The summed E-state index contributed by atoms with van der Waals surface area (Å²) in [5.74, 6) is 0.711. The van der Waals surface area contributed by atoms with E-state index in [1.54, 1.807) is 7.05 Å². The number of nitrogens with one attached hydrogen (secondary N) is 3. The maximum Gasteiger partial charge on any atom is 0.511 e. The predicted octanol–water partition coefficient (Wildman–Crippen LogP) is 2.22. The third-order valence-electron chi connectivity index (χ3n) is 4.74. The summed E-state index contributed by atoms with van der Waals surface area (Å²) >= 11 is 0. The van der Waals surface area contributed by atoms with E-state index in [4.69, 9.17) is 0 Å². The summed E-state index contributed by atoms with van der Waals surface area (Å²) in [6, 6.07) is 9.89. The molecular formula is C18H28F3N5O2S. The third kappa shape index (κ3) is 7.07. The number of para-hydroxylation sites is 1. The van der Waals surface area contributed by atoms with Gasteiger partial charge in [-0.2, -0.15) is 17.5 Å². The number of guanidine groups is 1. The first kappa shape index (κ1) is 23.3. The number of rotatable bonds is 8. The molecule has 11 heteroatoms. The number of halogens is 3. The minimum absolute atomic E-state index is 0.0907. The third-order valence-corrected chi connectivity index (χ3v) is 6.37. The summed E-state index contributed by atoms with van der Waals surface area (Å²) in [4.78, 5) is 4.13. The van der Waals surface area contributed by atoms with Crippen molar-refractivity contribution in [2.75, 3.05) is 45.1 Å². The number of hydrogen-bond acceptors (Lipinski definition) is 4. The second-order valence-corrected chi connectivity index (χ2v) is 8.75. The smallest absolute Gasteiger partial charge is 0.385 e. The van der Waals surface area contributed by atoms with Crippen LogP contribution >= 0.6 is 0 Å². The van der Waals surface area contributed by atoms with Crippen molar-refractivity contribution >= 4 is 21.7 Å². The highest BCUT2D eigenvalue weighted by Crippen LogP contribution is 2.30. The van der Waals surface area contributed by atoms with Gasteiger partial charge in [-0.1, -0.05) is 18.2 Å². The van der Waals surface area contributed by atoms with Crippen LogP contribution in [-0.2, 0) is 10.0 Å². The molecule has 0 aromatic heterocycles. The highest BCUT2D eigenvalue weighted by Gasteiger charge is 2.50. The normalized spacial score (nSPS) is 17.2. The Hall–Kier alpha value is -2.01. The fourth-order valence-corrected chi connectivity index (χ4v) is 4.03. The summed E-state index contributed by atoms with van der Waals surface area (Å²) in [5, 5.41) is 9.66. The van der Waals surface area contributed by atoms with Crippen LogP contribution in [0.1, 0.15) is 19.3 Å². The molecule has 1 aliphatic heterocycles. The monoisotopic (exact) mass is 435 g/mol. The van der Waals surface area contributed by atoms with Crippen LogP contribution in [0, 0.1) is 5.92 Å². The molecule has 0 atom stereocenters. The molecule has 0 spiro atoms. The van der Waals surface area contributed by atoms with E-state index in [-0.39, 0.29) is 19.0 Å². The Kier molecular flexibility index (Phi) is 8.57. The highest BCUT2D eigenvalue weighted by atomic mass is 32.2. The van der Waals surface area contributed by atoms with Crippen molar-refractivity contribution in [1.29, 1.82) is 0 Å². The average molecular weight is 436 g/mol. The zero-order chi connectivity index (χ0) is 21.3. The van der Waals surface area contributed by atoms with Gasteiger partial charge in [-0.25, -0.2) is 8.42 Å². The van der Waals surface area contributed by atoms with Crippen molar-refractivity contribution in [1.82, 2.24) is 14.9 Å². The Labute approximate surface area is 169 Å². The maximum atomic E-state index is 12.6. The van der Waals surface area contributed by atoms with E-state index in [9.17, 15) is 21.6 Å². The van der Waals surface area contributed by atoms with Gasteiger partial charge in [0.1, 0.15) is 0 Å². The molecule has 1 aromatic carbocycles. The molecule has 29 heavy (non-hydrogen) atoms. The fraction of sp³-hybridized carbons (Fsp3) is 0.611. The minimum Gasteiger partial charge on any atom is -0.385 e. The number of hydrogen-bond donors (Lipinski definition) is 3. The zero-order valence-corrected chi connectivity index (χ0v) is 17.2. The standard InChI is InChI=1S/C18H28F3N5O2S/c1-22-17(24-11-5-10-23-16-6-3-2-4-7-16)25-14-15-8-12-26(13-9-15)29(27,28)18(19,20)21/h2-4,6-7,15,23H,5,8-14H2,1H3,(H2,22,24,25). The van der Waals surface area contributed by atoms with Gasteiger partial charge in [0, 0.05) is 45.5 Å². The van der Waals surface area contributed by atoms with E-state index < -0.39 is 15.5 Å². The molecule has 0 aliphatic carbocycles. The van der Waals surface area contributed by atoms with Gasteiger partial charge in [-0.05, 0) is 37.3 Å². The molecule has 0 unspecified atom stereocenters. The number of sulfonamides is 1. The lowest BCUT2D eigenvalue weighted by Gasteiger charge is -2.31. The minimum atomic E-state index is -5.24. The van der Waals surface area contributed by atoms with Crippen molar-refractivity contribution in [3.63, 3.8) is 0 Å². The molecule has 1 aliphatic rings. The first-order valence-corrected chi connectivity index (χ1v) is 11.0. The van der Waals surface area contributed by atoms with Gasteiger partial charge in [0.2, 0.25) is 0 Å². The lowest BCUT2D eigenvalue weighted by Crippen LogP contribution is -2.47. The molecule has 1 heterocycles. The number of anilines is 1.